The van der Waals surface area contributed by atoms with Gasteiger partial charge in [-0.15, -0.1) is 0 Å². The molecule has 0 bridgehead atoms. The Morgan fingerprint density at radius 3 is 3.23 bits per heavy atom. The first kappa shape index (κ1) is 8.25. The molecule has 0 aliphatic carbocycles. The molecule has 2 rings (SSSR count). The maximum absolute atomic E-state index is 10.7. The monoisotopic (exact) mass is 182 g/mol. The summed E-state index contributed by atoms with van der Waals surface area (Å²) in [6.45, 7) is 1.28. The van der Waals surface area contributed by atoms with Crippen LogP contribution in [0.2, 0.25) is 0 Å². The Hall–Kier alpha value is -1.36. The molecule has 0 spiro atoms. The Bertz CT molecular complexity index is 315. The Morgan fingerprint density at radius 1 is 1.77 bits per heavy atom. The molecular weight excluding hydrogens is 172 g/mol. The Kier molecular flexibility index (Phi) is 2.02. The number of ether oxygens (including phenoxy) is 1. The molecule has 2 heterocycles. The molecule has 1 aliphatic rings. The maximum Gasteiger partial charge on any atom is 0.354 e. The number of aromatic nitrogens is 2. The molecule has 1 N–H and O–H groups in total. The molecule has 13 heavy (non-hydrogen) atoms. The van der Waals surface area contributed by atoms with Crippen molar-refractivity contribution in [3.63, 3.8) is 0 Å². The zero-order valence-electron chi connectivity index (χ0n) is 7.01. The summed E-state index contributed by atoms with van der Waals surface area (Å²) >= 11 is 0. The van der Waals surface area contributed by atoms with Crippen molar-refractivity contribution in [2.45, 2.75) is 12.5 Å². The van der Waals surface area contributed by atoms with Gasteiger partial charge in [-0.1, -0.05) is 0 Å². The van der Waals surface area contributed by atoms with E-state index in [1.807, 2.05) is 0 Å². The van der Waals surface area contributed by atoms with Crippen LogP contribution >= 0.6 is 0 Å². The number of nitrogens with zero attached hydrogens (tertiary/aromatic N) is 2. The highest BCUT2D eigenvalue weighted by molar-refractivity contribution is 5.85. The number of hydrogen-bond donors (Lipinski definition) is 1. The van der Waals surface area contributed by atoms with Crippen LogP contribution in [0.4, 0.5) is 0 Å². The summed E-state index contributed by atoms with van der Waals surface area (Å²) < 4.78 is 6.84. The van der Waals surface area contributed by atoms with E-state index in [1.165, 1.54) is 6.20 Å². The Morgan fingerprint density at radius 2 is 2.62 bits per heavy atom. The van der Waals surface area contributed by atoms with Crippen LogP contribution in [0.25, 0.3) is 0 Å². The van der Waals surface area contributed by atoms with Crippen molar-refractivity contribution < 1.29 is 14.6 Å². The van der Waals surface area contributed by atoms with Crippen molar-refractivity contribution in [3.8, 4) is 0 Å². The first-order valence-electron chi connectivity index (χ1n) is 4.12. The van der Waals surface area contributed by atoms with Gasteiger partial charge in [-0.05, 0) is 6.42 Å². The van der Waals surface area contributed by atoms with E-state index in [4.69, 9.17) is 9.84 Å². The second-order valence-electron chi connectivity index (χ2n) is 3.01. The van der Waals surface area contributed by atoms with Crippen LogP contribution in [0.5, 0.6) is 0 Å². The maximum atomic E-state index is 10.7. The molecule has 5 nitrogen and oxygen atoms in total. The first-order valence-corrected chi connectivity index (χ1v) is 4.12. The third kappa shape index (κ3) is 1.42. The summed E-state index contributed by atoms with van der Waals surface area (Å²) in [5.41, 5.74) is 0.232. The second-order valence-corrected chi connectivity index (χ2v) is 3.01. The minimum atomic E-state index is -0.940. The van der Waals surface area contributed by atoms with Gasteiger partial charge in [0.25, 0.3) is 0 Å². The molecular formula is C8H10N2O3. The van der Waals surface area contributed by atoms with Crippen molar-refractivity contribution in [2.24, 2.45) is 0 Å². The van der Waals surface area contributed by atoms with Gasteiger partial charge in [0, 0.05) is 6.61 Å². The molecule has 0 radical (unpaired) electrons. The van der Waals surface area contributed by atoms with Crippen molar-refractivity contribution in [1.82, 2.24) is 9.55 Å². The van der Waals surface area contributed by atoms with Gasteiger partial charge < -0.3 is 14.4 Å². The lowest BCUT2D eigenvalue weighted by molar-refractivity contribution is 0.0682. The van der Waals surface area contributed by atoms with Crippen molar-refractivity contribution in [3.05, 3.63) is 18.2 Å². The third-order valence-corrected chi connectivity index (χ3v) is 2.18. The van der Waals surface area contributed by atoms with Crippen molar-refractivity contribution >= 4 is 5.97 Å². The largest absolute Gasteiger partial charge is 0.477 e. The molecule has 0 aromatic carbocycles. The van der Waals surface area contributed by atoms with Gasteiger partial charge in [0.15, 0.2) is 0 Å². The Balaban J connectivity index is 2.28. The molecule has 0 amide bonds. The van der Waals surface area contributed by atoms with E-state index in [1.54, 1.807) is 10.9 Å². The minimum absolute atomic E-state index is 0.133. The highest BCUT2D eigenvalue weighted by Gasteiger charge is 2.21. The van der Waals surface area contributed by atoms with Gasteiger partial charge in [0.2, 0.25) is 0 Å². The van der Waals surface area contributed by atoms with Crippen LogP contribution < -0.4 is 0 Å². The number of carboxylic acids is 1. The van der Waals surface area contributed by atoms with Crippen LogP contribution in [0.3, 0.4) is 0 Å². The van der Waals surface area contributed by atoms with Gasteiger partial charge in [-0.3, -0.25) is 0 Å². The van der Waals surface area contributed by atoms with E-state index in [-0.39, 0.29) is 11.7 Å². The summed E-state index contributed by atoms with van der Waals surface area (Å²) in [5, 5.41) is 8.81. The van der Waals surface area contributed by atoms with E-state index in [0.717, 1.165) is 6.42 Å². The predicted molar refractivity (Wildman–Crippen MR) is 43.7 cm³/mol. The zero-order valence-corrected chi connectivity index (χ0v) is 7.01. The normalized spacial score (nSPS) is 22.0. The lowest BCUT2D eigenvalue weighted by Crippen LogP contribution is -2.14. The fraction of sp³-hybridized carbons (Fsp3) is 0.500. The highest BCUT2D eigenvalue weighted by atomic mass is 16.5. The number of carbonyl (C=O) groups is 1. The number of carboxylic acid groups (broad SMARTS) is 1. The standard InChI is InChI=1S/C8H10N2O3/c11-8(12)7-3-9-5-10(7)6-1-2-13-4-6/h3,5-6H,1-2,4H2,(H,11,12). The van der Waals surface area contributed by atoms with Crippen molar-refractivity contribution in [2.75, 3.05) is 13.2 Å². The average molecular weight is 182 g/mol. The van der Waals surface area contributed by atoms with Gasteiger partial charge in [-0.25, -0.2) is 9.78 Å². The van der Waals surface area contributed by atoms with E-state index in [0.29, 0.717) is 13.2 Å². The lowest BCUT2D eigenvalue weighted by atomic mass is 10.2. The second kappa shape index (κ2) is 3.18. The lowest BCUT2D eigenvalue weighted by Gasteiger charge is -2.10. The van der Waals surface area contributed by atoms with Gasteiger partial charge >= 0.3 is 5.97 Å². The van der Waals surface area contributed by atoms with Crippen LogP contribution in [0, 0.1) is 0 Å². The molecule has 1 saturated heterocycles. The van der Waals surface area contributed by atoms with E-state index in [2.05, 4.69) is 4.98 Å². The minimum Gasteiger partial charge on any atom is -0.477 e. The molecule has 1 unspecified atom stereocenters. The van der Waals surface area contributed by atoms with E-state index < -0.39 is 5.97 Å². The molecule has 1 aromatic heterocycles. The molecule has 70 valence electrons. The fourth-order valence-corrected chi connectivity index (χ4v) is 1.50. The number of imidazole rings is 1. The fourth-order valence-electron chi connectivity index (χ4n) is 1.50. The van der Waals surface area contributed by atoms with Gasteiger partial charge in [-0.2, -0.15) is 0 Å². The summed E-state index contributed by atoms with van der Waals surface area (Å²) in [5.74, 6) is -0.940. The topological polar surface area (TPSA) is 64.3 Å². The molecule has 5 heteroatoms. The number of aromatic carboxylic acids is 1. The summed E-state index contributed by atoms with van der Waals surface area (Å²) in [4.78, 5) is 14.6. The SMILES string of the molecule is O=C(O)c1cncn1C1CCOC1. The van der Waals surface area contributed by atoms with E-state index in [9.17, 15) is 4.79 Å². The van der Waals surface area contributed by atoms with Crippen molar-refractivity contribution in [1.29, 1.82) is 0 Å². The number of rotatable bonds is 2. The third-order valence-electron chi connectivity index (χ3n) is 2.18. The average Bonchev–Trinajstić information content (AvgIpc) is 2.74. The van der Waals surface area contributed by atoms with Crippen LogP contribution in [-0.2, 0) is 4.74 Å². The highest BCUT2D eigenvalue weighted by Crippen LogP contribution is 2.20. The van der Waals surface area contributed by atoms with Crippen LogP contribution in [0.1, 0.15) is 23.0 Å². The summed E-state index contributed by atoms with van der Waals surface area (Å²) in [6, 6.07) is 0.133. The molecule has 1 aromatic rings. The molecule has 1 fully saturated rings. The Labute approximate surface area is 75.0 Å². The van der Waals surface area contributed by atoms with E-state index >= 15 is 0 Å². The molecule has 1 atom stereocenters. The predicted octanol–water partition coefficient (Wildman–Crippen LogP) is 0.543. The van der Waals surface area contributed by atoms with Crippen LogP contribution in [0.15, 0.2) is 12.5 Å². The van der Waals surface area contributed by atoms with Crippen LogP contribution in [-0.4, -0.2) is 33.8 Å². The summed E-state index contributed by atoms with van der Waals surface area (Å²) in [7, 11) is 0. The van der Waals surface area contributed by atoms with Gasteiger partial charge in [0.05, 0.1) is 25.2 Å². The van der Waals surface area contributed by atoms with Gasteiger partial charge in [0.1, 0.15) is 5.69 Å². The zero-order chi connectivity index (χ0) is 9.26. The molecule has 0 saturated carbocycles. The quantitative estimate of drug-likeness (QED) is 0.725. The first-order chi connectivity index (χ1) is 6.29. The smallest absolute Gasteiger partial charge is 0.354 e. The molecule has 1 aliphatic heterocycles. The summed E-state index contributed by atoms with van der Waals surface area (Å²) in [6.07, 6.45) is 3.76. The number of hydrogen-bond acceptors (Lipinski definition) is 3.